The number of hydrogen-bond acceptors (Lipinski definition) is 3. The first-order valence-electron chi connectivity index (χ1n) is 9.39. The minimum absolute atomic E-state index is 0.0436. The molecular weight excluding hydrogens is 397 g/mol. The lowest BCUT2D eigenvalue weighted by atomic mass is 10.1. The van der Waals surface area contributed by atoms with Crippen LogP contribution in [-0.4, -0.2) is 45.7 Å². The van der Waals surface area contributed by atoms with E-state index in [1.54, 1.807) is 20.2 Å². The van der Waals surface area contributed by atoms with Gasteiger partial charge in [-0.25, -0.2) is 0 Å². The Labute approximate surface area is 173 Å². The van der Waals surface area contributed by atoms with Gasteiger partial charge in [0.1, 0.15) is 12.4 Å². The number of halogens is 3. The molecule has 162 valence electrons. The fraction of sp³-hybridized carbons (Fsp3) is 0.333. The Bertz CT molecular complexity index is 869. The van der Waals surface area contributed by atoms with Gasteiger partial charge in [0.2, 0.25) is 0 Å². The highest BCUT2D eigenvalue weighted by Crippen LogP contribution is 2.35. The number of nitrogens with zero attached hydrogens (tertiary/aromatic N) is 1. The zero-order valence-corrected chi connectivity index (χ0v) is 16.8. The number of rotatable bonds is 8. The second kappa shape index (κ2) is 11.1. The van der Waals surface area contributed by atoms with Gasteiger partial charge >= 0.3 is 6.18 Å². The monoisotopic (exact) mass is 422 g/mol. The molecule has 0 aliphatic heterocycles. The lowest BCUT2D eigenvalue weighted by molar-refractivity contribution is -0.138. The lowest BCUT2D eigenvalue weighted by Gasteiger charge is -2.15. The summed E-state index contributed by atoms with van der Waals surface area (Å²) < 4.78 is 44.2. The Morgan fingerprint density at radius 3 is 2.50 bits per heavy atom. The summed E-state index contributed by atoms with van der Waals surface area (Å²) in [5.74, 6) is 0.158. The molecule has 0 heterocycles. The summed E-state index contributed by atoms with van der Waals surface area (Å²) in [5.41, 5.74) is 0.784. The third-order valence-corrected chi connectivity index (χ3v) is 4.19. The Morgan fingerprint density at radius 1 is 1.07 bits per heavy atom. The number of carbonyl (C=O) groups excluding carboxylic acids is 1. The Hall–Kier alpha value is -3.23. The molecule has 0 atom stereocenters. The highest BCUT2D eigenvalue weighted by atomic mass is 19.4. The van der Waals surface area contributed by atoms with Crippen LogP contribution in [0, 0.1) is 0 Å². The minimum Gasteiger partial charge on any atom is -0.491 e. The van der Waals surface area contributed by atoms with Crippen molar-refractivity contribution in [3.05, 3.63) is 65.2 Å². The molecule has 0 aromatic heterocycles. The van der Waals surface area contributed by atoms with Crippen molar-refractivity contribution in [2.45, 2.75) is 12.6 Å². The summed E-state index contributed by atoms with van der Waals surface area (Å²) in [6, 6.07) is 12.4. The van der Waals surface area contributed by atoms with Crippen molar-refractivity contribution in [3.63, 3.8) is 0 Å². The van der Waals surface area contributed by atoms with Gasteiger partial charge in [-0.1, -0.05) is 24.3 Å². The van der Waals surface area contributed by atoms with E-state index in [-0.39, 0.29) is 24.8 Å². The van der Waals surface area contributed by atoms with Gasteiger partial charge in [0.05, 0.1) is 12.1 Å². The Balaban J connectivity index is 1.77. The molecular formula is C21H25F3N4O2. The molecule has 30 heavy (non-hydrogen) atoms. The van der Waals surface area contributed by atoms with E-state index in [2.05, 4.69) is 20.9 Å². The predicted octanol–water partition coefficient (Wildman–Crippen LogP) is 2.85. The van der Waals surface area contributed by atoms with Crippen LogP contribution in [0.25, 0.3) is 0 Å². The maximum atomic E-state index is 13.0. The van der Waals surface area contributed by atoms with Crippen LogP contribution in [-0.2, 0) is 12.6 Å². The molecule has 2 aromatic rings. The second-order valence-electron chi connectivity index (χ2n) is 6.30. The minimum atomic E-state index is -4.46. The van der Waals surface area contributed by atoms with Gasteiger partial charge in [-0.05, 0) is 36.2 Å². The first kappa shape index (κ1) is 23.1. The molecule has 0 saturated carbocycles. The van der Waals surface area contributed by atoms with Gasteiger partial charge in [-0.3, -0.25) is 9.79 Å². The van der Waals surface area contributed by atoms with Crippen LogP contribution in [0.2, 0.25) is 0 Å². The number of alkyl halides is 3. The van der Waals surface area contributed by atoms with Gasteiger partial charge in [-0.2, -0.15) is 13.2 Å². The smallest absolute Gasteiger partial charge is 0.419 e. The largest absolute Gasteiger partial charge is 0.491 e. The molecule has 0 radical (unpaired) electrons. The van der Waals surface area contributed by atoms with Crippen LogP contribution < -0.4 is 20.7 Å². The summed E-state index contributed by atoms with van der Waals surface area (Å²) in [6.45, 7) is 0.884. The maximum Gasteiger partial charge on any atom is 0.419 e. The summed E-state index contributed by atoms with van der Waals surface area (Å²) in [4.78, 5) is 15.8. The summed E-state index contributed by atoms with van der Waals surface area (Å²) in [5, 5.41) is 8.70. The van der Waals surface area contributed by atoms with Crippen LogP contribution in [0.1, 0.15) is 21.5 Å². The summed E-state index contributed by atoms with van der Waals surface area (Å²) in [6.07, 6.45) is -3.79. The van der Waals surface area contributed by atoms with Crippen molar-refractivity contribution in [3.8, 4) is 5.75 Å². The van der Waals surface area contributed by atoms with Crippen LogP contribution in [0.4, 0.5) is 13.2 Å². The molecule has 0 spiro atoms. The van der Waals surface area contributed by atoms with Crippen LogP contribution in [0.5, 0.6) is 5.75 Å². The first-order valence-corrected chi connectivity index (χ1v) is 9.39. The van der Waals surface area contributed by atoms with E-state index in [9.17, 15) is 18.0 Å². The highest BCUT2D eigenvalue weighted by molar-refractivity contribution is 5.94. The van der Waals surface area contributed by atoms with E-state index in [0.717, 1.165) is 11.6 Å². The zero-order valence-electron chi connectivity index (χ0n) is 16.8. The van der Waals surface area contributed by atoms with Gasteiger partial charge in [-0.15, -0.1) is 0 Å². The average molecular weight is 422 g/mol. The molecule has 2 aromatic carbocycles. The van der Waals surface area contributed by atoms with Crippen molar-refractivity contribution in [1.82, 2.24) is 16.0 Å². The number of carbonyl (C=O) groups is 1. The highest BCUT2D eigenvalue weighted by Gasteiger charge is 2.33. The maximum absolute atomic E-state index is 13.0. The quantitative estimate of drug-likeness (QED) is 0.348. The Morgan fingerprint density at radius 2 is 1.80 bits per heavy atom. The molecule has 0 saturated heterocycles. The Kier molecular flexibility index (Phi) is 8.52. The average Bonchev–Trinajstić information content (AvgIpc) is 2.74. The topological polar surface area (TPSA) is 74.8 Å². The molecule has 3 N–H and O–H groups in total. The summed E-state index contributed by atoms with van der Waals surface area (Å²) in [7, 11) is 3.18. The summed E-state index contributed by atoms with van der Waals surface area (Å²) >= 11 is 0. The van der Waals surface area contributed by atoms with Crippen molar-refractivity contribution in [2.75, 3.05) is 33.8 Å². The molecule has 0 bridgehead atoms. The number of benzene rings is 2. The number of amides is 1. The SMILES string of the molecule is CN=C(NCCOc1ccccc1C(F)(F)F)NCCc1cccc(C(=O)NC)c1. The lowest BCUT2D eigenvalue weighted by Crippen LogP contribution is -2.40. The molecule has 0 unspecified atom stereocenters. The van der Waals surface area contributed by atoms with Crippen LogP contribution in [0.15, 0.2) is 53.5 Å². The van der Waals surface area contributed by atoms with E-state index in [0.29, 0.717) is 24.5 Å². The normalized spacial score (nSPS) is 11.7. The zero-order chi connectivity index (χ0) is 22.0. The predicted molar refractivity (Wildman–Crippen MR) is 110 cm³/mol. The fourth-order valence-electron chi connectivity index (χ4n) is 2.72. The number of nitrogens with one attached hydrogen (secondary N) is 3. The van der Waals surface area contributed by atoms with Gasteiger partial charge in [0, 0.05) is 26.2 Å². The van der Waals surface area contributed by atoms with Gasteiger partial charge in [0.15, 0.2) is 5.96 Å². The van der Waals surface area contributed by atoms with E-state index in [1.165, 1.54) is 18.2 Å². The number of para-hydroxylation sites is 1. The molecule has 0 fully saturated rings. The fourth-order valence-corrected chi connectivity index (χ4v) is 2.72. The second-order valence-corrected chi connectivity index (χ2v) is 6.30. The molecule has 9 heteroatoms. The number of hydrogen-bond donors (Lipinski definition) is 3. The third kappa shape index (κ3) is 6.98. The van der Waals surface area contributed by atoms with E-state index in [4.69, 9.17) is 4.74 Å². The molecule has 6 nitrogen and oxygen atoms in total. The van der Waals surface area contributed by atoms with Crippen molar-refractivity contribution >= 4 is 11.9 Å². The van der Waals surface area contributed by atoms with Crippen molar-refractivity contribution in [1.29, 1.82) is 0 Å². The third-order valence-electron chi connectivity index (χ3n) is 4.19. The van der Waals surface area contributed by atoms with Crippen molar-refractivity contribution < 1.29 is 22.7 Å². The van der Waals surface area contributed by atoms with Gasteiger partial charge in [0.25, 0.3) is 5.91 Å². The molecule has 2 rings (SSSR count). The molecule has 0 aliphatic carbocycles. The van der Waals surface area contributed by atoms with Crippen LogP contribution in [0.3, 0.4) is 0 Å². The molecule has 0 aliphatic rings. The van der Waals surface area contributed by atoms with E-state index >= 15 is 0 Å². The van der Waals surface area contributed by atoms with E-state index in [1.807, 2.05) is 18.2 Å². The van der Waals surface area contributed by atoms with Gasteiger partial charge < -0.3 is 20.7 Å². The molecule has 1 amide bonds. The van der Waals surface area contributed by atoms with Crippen LogP contribution >= 0.6 is 0 Å². The standard InChI is InChI=1S/C21H25F3N4O2/c1-25-19(29)16-7-5-6-15(14-16)10-11-27-20(26-2)28-12-13-30-18-9-4-3-8-17(18)21(22,23)24/h3-9,14H,10-13H2,1-2H3,(H,25,29)(H2,26,27,28). The number of ether oxygens (including phenoxy) is 1. The van der Waals surface area contributed by atoms with Crippen molar-refractivity contribution in [2.24, 2.45) is 4.99 Å². The first-order chi connectivity index (χ1) is 14.3. The number of guanidine groups is 1. The number of aliphatic imine (C=N–C) groups is 1. The van der Waals surface area contributed by atoms with E-state index < -0.39 is 11.7 Å².